The average molecular weight is 262 g/mol. The molecule has 1 aromatic carbocycles. The van der Waals surface area contributed by atoms with E-state index in [4.69, 9.17) is 0 Å². The van der Waals surface area contributed by atoms with Gasteiger partial charge >= 0.3 is 5.97 Å². The molecule has 0 aliphatic carbocycles. The summed E-state index contributed by atoms with van der Waals surface area (Å²) in [6, 6.07) is 7.72. The van der Waals surface area contributed by atoms with Gasteiger partial charge in [0.1, 0.15) is 5.03 Å². The molecule has 1 heterocycles. The summed E-state index contributed by atoms with van der Waals surface area (Å²) in [6.45, 7) is 1.84. The van der Waals surface area contributed by atoms with Gasteiger partial charge in [-0.2, -0.15) is 0 Å². The van der Waals surface area contributed by atoms with Crippen molar-refractivity contribution in [2.24, 2.45) is 5.92 Å². The number of esters is 1. The van der Waals surface area contributed by atoms with Crippen LogP contribution in [0.4, 0.5) is 0 Å². The smallest absolute Gasteiger partial charge is 0.309 e. The first-order valence-corrected chi connectivity index (χ1v) is 6.61. The molecule has 0 bridgehead atoms. The van der Waals surface area contributed by atoms with E-state index in [1.165, 1.54) is 18.9 Å². The third-order valence-corrected chi connectivity index (χ3v) is 3.67. The fourth-order valence-electron chi connectivity index (χ4n) is 1.49. The van der Waals surface area contributed by atoms with E-state index < -0.39 is 0 Å². The molecule has 0 aliphatic rings. The Hall–Kier alpha value is -1.62. The van der Waals surface area contributed by atoms with Crippen molar-refractivity contribution >= 4 is 28.8 Å². The Bertz CT molecular complexity index is 559. The van der Waals surface area contributed by atoms with Gasteiger partial charge in [-0.3, -0.25) is 9.78 Å². The second-order valence-corrected chi connectivity index (χ2v) is 4.97. The third kappa shape index (κ3) is 2.98. The number of carbonyl (C=O) groups is 1. The van der Waals surface area contributed by atoms with Gasteiger partial charge in [-0.05, 0) is 12.1 Å². The molecule has 18 heavy (non-hydrogen) atoms. The van der Waals surface area contributed by atoms with Gasteiger partial charge in [-0.15, -0.1) is 11.8 Å². The first-order valence-electron chi connectivity index (χ1n) is 5.63. The lowest BCUT2D eigenvalue weighted by molar-refractivity contribution is -0.143. The van der Waals surface area contributed by atoms with Gasteiger partial charge in [-0.1, -0.05) is 19.1 Å². The zero-order valence-corrected chi connectivity index (χ0v) is 11.1. The predicted octanol–water partition coefficient (Wildman–Crippen LogP) is 2.53. The summed E-state index contributed by atoms with van der Waals surface area (Å²) < 4.78 is 4.68. The summed E-state index contributed by atoms with van der Waals surface area (Å²) in [5, 5.41) is 0.824. The van der Waals surface area contributed by atoms with E-state index >= 15 is 0 Å². The maximum atomic E-state index is 11.3. The SMILES string of the molecule is COC(=O)C(C)CSc1cnc2ccccc2n1. The van der Waals surface area contributed by atoms with E-state index in [9.17, 15) is 4.79 Å². The van der Waals surface area contributed by atoms with Crippen LogP contribution in [0, 0.1) is 5.92 Å². The van der Waals surface area contributed by atoms with E-state index in [-0.39, 0.29) is 11.9 Å². The number of methoxy groups -OCH3 is 1. The number of carbonyl (C=O) groups excluding carboxylic acids is 1. The molecule has 5 heteroatoms. The monoisotopic (exact) mass is 262 g/mol. The molecule has 1 atom stereocenters. The Morgan fingerprint density at radius 1 is 1.39 bits per heavy atom. The van der Waals surface area contributed by atoms with E-state index in [1.54, 1.807) is 6.20 Å². The van der Waals surface area contributed by atoms with Crippen LogP contribution in [0.3, 0.4) is 0 Å². The maximum absolute atomic E-state index is 11.3. The number of rotatable bonds is 4. The van der Waals surface area contributed by atoms with Crippen molar-refractivity contribution in [3.63, 3.8) is 0 Å². The highest BCUT2D eigenvalue weighted by molar-refractivity contribution is 7.99. The van der Waals surface area contributed by atoms with E-state index in [0.717, 1.165) is 16.1 Å². The van der Waals surface area contributed by atoms with Gasteiger partial charge in [-0.25, -0.2) is 4.98 Å². The molecule has 94 valence electrons. The highest BCUT2D eigenvalue weighted by atomic mass is 32.2. The third-order valence-electron chi connectivity index (χ3n) is 2.51. The summed E-state index contributed by atoms with van der Waals surface area (Å²) in [6.07, 6.45) is 1.73. The molecule has 0 saturated heterocycles. The van der Waals surface area contributed by atoms with Crippen molar-refractivity contribution in [3.8, 4) is 0 Å². The second-order valence-electron chi connectivity index (χ2n) is 3.93. The first-order chi connectivity index (χ1) is 8.70. The van der Waals surface area contributed by atoms with Crippen LogP contribution in [0.25, 0.3) is 11.0 Å². The Morgan fingerprint density at radius 3 is 2.83 bits per heavy atom. The number of thioether (sulfide) groups is 1. The minimum atomic E-state index is -0.198. The van der Waals surface area contributed by atoms with Gasteiger partial charge in [0, 0.05) is 5.75 Å². The van der Waals surface area contributed by atoms with Crippen molar-refractivity contribution in [2.45, 2.75) is 11.9 Å². The largest absolute Gasteiger partial charge is 0.469 e. The van der Waals surface area contributed by atoms with Gasteiger partial charge in [0.2, 0.25) is 0 Å². The summed E-state index contributed by atoms with van der Waals surface area (Å²) in [5.74, 6) is 0.296. The Kier molecular flexibility index (Phi) is 4.15. The maximum Gasteiger partial charge on any atom is 0.309 e. The van der Waals surface area contributed by atoms with Crippen molar-refractivity contribution < 1.29 is 9.53 Å². The van der Waals surface area contributed by atoms with Crippen LogP contribution in [0.2, 0.25) is 0 Å². The fraction of sp³-hybridized carbons (Fsp3) is 0.308. The minimum Gasteiger partial charge on any atom is -0.469 e. The predicted molar refractivity (Wildman–Crippen MR) is 71.4 cm³/mol. The van der Waals surface area contributed by atoms with Crippen LogP contribution in [0.5, 0.6) is 0 Å². The number of nitrogens with zero attached hydrogens (tertiary/aromatic N) is 2. The lowest BCUT2D eigenvalue weighted by Gasteiger charge is -2.08. The molecule has 1 unspecified atom stereocenters. The van der Waals surface area contributed by atoms with Crippen molar-refractivity contribution in [2.75, 3.05) is 12.9 Å². The van der Waals surface area contributed by atoms with Crippen LogP contribution in [-0.2, 0) is 9.53 Å². The molecular weight excluding hydrogens is 248 g/mol. The molecule has 2 aromatic rings. The van der Waals surface area contributed by atoms with Crippen LogP contribution in [0.15, 0.2) is 35.5 Å². The zero-order chi connectivity index (χ0) is 13.0. The van der Waals surface area contributed by atoms with Crippen LogP contribution < -0.4 is 0 Å². The fourth-order valence-corrected chi connectivity index (χ4v) is 2.34. The van der Waals surface area contributed by atoms with Crippen molar-refractivity contribution in [3.05, 3.63) is 30.5 Å². The van der Waals surface area contributed by atoms with E-state index in [1.807, 2.05) is 31.2 Å². The molecule has 0 amide bonds. The standard InChI is InChI=1S/C13H14N2O2S/c1-9(13(16)17-2)8-18-12-7-14-10-5-3-4-6-11(10)15-12/h3-7,9H,8H2,1-2H3. The van der Waals surface area contributed by atoms with Crippen molar-refractivity contribution in [1.82, 2.24) is 9.97 Å². The number of hydrogen-bond acceptors (Lipinski definition) is 5. The van der Waals surface area contributed by atoms with Gasteiger partial charge in [0.05, 0.1) is 30.3 Å². The summed E-state index contributed by atoms with van der Waals surface area (Å²) in [7, 11) is 1.40. The normalized spacial score (nSPS) is 12.3. The molecular formula is C13H14N2O2S. The number of ether oxygens (including phenoxy) is 1. The quantitative estimate of drug-likeness (QED) is 0.626. The Balaban J connectivity index is 2.06. The first kappa shape index (κ1) is 12.8. The molecule has 0 fully saturated rings. The summed E-state index contributed by atoms with van der Waals surface area (Å²) >= 11 is 1.51. The zero-order valence-electron chi connectivity index (χ0n) is 10.3. The van der Waals surface area contributed by atoms with Crippen LogP contribution in [-0.4, -0.2) is 28.8 Å². The topological polar surface area (TPSA) is 52.1 Å². The van der Waals surface area contributed by atoms with E-state index in [2.05, 4.69) is 14.7 Å². The highest BCUT2D eigenvalue weighted by Crippen LogP contribution is 2.20. The van der Waals surface area contributed by atoms with Crippen molar-refractivity contribution in [1.29, 1.82) is 0 Å². The molecule has 4 nitrogen and oxygen atoms in total. The Labute approximate surface area is 110 Å². The lowest BCUT2D eigenvalue weighted by atomic mass is 10.2. The average Bonchev–Trinajstić information content (AvgIpc) is 2.43. The molecule has 0 spiro atoms. The number of benzene rings is 1. The van der Waals surface area contributed by atoms with Crippen LogP contribution >= 0.6 is 11.8 Å². The van der Waals surface area contributed by atoms with Gasteiger partial charge in [0.25, 0.3) is 0 Å². The molecule has 0 aliphatic heterocycles. The van der Waals surface area contributed by atoms with Gasteiger partial charge < -0.3 is 4.74 Å². The molecule has 1 aromatic heterocycles. The number of aromatic nitrogens is 2. The highest BCUT2D eigenvalue weighted by Gasteiger charge is 2.13. The second kappa shape index (κ2) is 5.82. The molecule has 0 N–H and O–H groups in total. The number of hydrogen-bond donors (Lipinski definition) is 0. The molecule has 2 rings (SSSR count). The number of para-hydroxylation sites is 2. The summed E-state index contributed by atoms with van der Waals surface area (Å²) in [5.41, 5.74) is 1.75. The lowest BCUT2D eigenvalue weighted by Crippen LogP contribution is -2.14. The van der Waals surface area contributed by atoms with E-state index in [0.29, 0.717) is 5.75 Å². The number of fused-ring (bicyclic) bond motifs is 1. The molecule has 0 radical (unpaired) electrons. The van der Waals surface area contributed by atoms with Crippen LogP contribution in [0.1, 0.15) is 6.92 Å². The summed E-state index contributed by atoms with van der Waals surface area (Å²) in [4.78, 5) is 20.1. The molecule has 0 saturated carbocycles. The Morgan fingerprint density at radius 2 is 2.11 bits per heavy atom. The van der Waals surface area contributed by atoms with Gasteiger partial charge in [0.15, 0.2) is 0 Å². The minimum absolute atomic E-state index is 0.145.